The van der Waals surface area contributed by atoms with Crippen molar-refractivity contribution in [3.05, 3.63) is 65.2 Å². The second kappa shape index (κ2) is 11.9. The molecule has 1 atom stereocenters. The van der Waals surface area contributed by atoms with Crippen LogP contribution in [0.15, 0.2) is 53.4 Å². The summed E-state index contributed by atoms with van der Waals surface area (Å²) in [5.74, 6) is -1.41. The van der Waals surface area contributed by atoms with Crippen molar-refractivity contribution in [2.75, 3.05) is 11.3 Å². The molecule has 37 heavy (non-hydrogen) atoms. The van der Waals surface area contributed by atoms with Gasteiger partial charge in [0.2, 0.25) is 11.8 Å². The minimum absolute atomic E-state index is 0. The van der Waals surface area contributed by atoms with E-state index < -0.39 is 27.6 Å². The van der Waals surface area contributed by atoms with E-state index in [-0.39, 0.29) is 47.7 Å². The van der Waals surface area contributed by atoms with Crippen LogP contribution >= 0.6 is 12.4 Å². The fourth-order valence-electron chi connectivity index (χ4n) is 3.76. The topological polar surface area (TPSA) is 165 Å². The number of aryl methyl sites for hydroxylation is 2. The molecule has 0 aliphatic heterocycles. The van der Waals surface area contributed by atoms with Gasteiger partial charge in [0.15, 0.2) is 0 Å². The number of benzene rings is 2. The molecule has 0 amide bonds. The van der Waals surface area contributed by atoms with E-state index in [0.717, 1.165) is 22.8 Å². The second-order valence-electron chi connectivity index (χ2n) is 9.21. The summed E-state index contributed by atoms with van der Waals surface area (Å²) in [7, 11) is -4.21. The largest absolute Gasteiger partial charge is 0.478 e. The molecule has 10 nitrogen and oxygen atoms in total. The van der Waals surface area contributed by atoms with E-state index in [1.807, 2.05) is 32.0 Å². The molecule has 0 saturated carbocycles. The number of carboxylic acid groups (broad SMARTS) is 1. The van der Waals surface area contributed by atoms with Crippen LogP contribution in [-0.4, -0.2) is 52.8 Å². The number of nitrogens with two attached hydrogens (primary N) is 1. The number of aromatic nitrogens is 2. The first-order valence-corrected chi connectivity index (χ1v) is 12.7. The van der Waals surface area contributed by atoms with Gasteiger partial charge in [0.25, 0.3) is 10.0 Å². The summed E-state index contributed by atoms with van der Waals surface area (Å²) in [6.45, 7) is 7.13. The zero-order valence-corrected chi connectivity index (χ0v) is 22.6. The molecule has 12 heteroatoms. The van der Waals surface area contributed by atoms with Gasteiger partial charge in [-0.05, 0) is 63.4 Å². The molecule has 0 fully saturated rings. The predicted molar refractivity (Wildman–Crippen MR) is 143 cm³/mol. The highest BCUT2D eigenvalue weighted by atomic mass is 35.5. The number of halogens is 1. The molecule has 0 aliphatic carbocycles. The number of sulfonamides is 1. The third kappa shape index (κ3) is 8.12. The number of carboxylic acids is 1. The summed E-state index contributed by atoms with van der Waals surface area (Å²) in [4.78, 5) is 19.6. The Hall–Kier alpha value is -3.25. The van der Waals surface area contributed by atoms with Gasteiger partial charge in [-0.25, -0.2) is 22.9 Å². The summed E-state index contributed by atoms with van der Waals surface area (Å²) in [6.07, 6.45) is 0.279. The average molecular weight is 551 g/mol. The van der Waals surface area contributed by atoms with Crippen molar-refractivity contribution in [1.29, 1.82) is 0 Å². The summed E-state index contributed by atoms with van der Waals surface area (Å²) in [5, 5.41) is 19.2. The van der Waals surface area contributed by atoms with Crippen molar-refractivity contribution in [3.63, 3.8) is 0 Å². The van der Waals surface area contributed by atoms with E-state index in [1.165, 1.54) is 18.2 Å². The summed E-state index contributed by atoms with van der Waals surface area (Å²) in [6, 6.07) is 11.8. The van der Waals surface area contributed by atoms with Gasteiger partial charge in [-0.15, -0.1) is 12.4 Å². The Kier molecular flexibility index (Phi) is 9.61. The number of nitrogens with zero attached hydrogens (tertiary/aromatic N) is 2. The van der Waals surface area contributed by atoms with Gasteiger partial charge in [-0.1, -0.05) is 24.3 Å². The third-order valence-corrected chi connectivity index (χ3v) is 6.59. The number of rotatable bonds is 10. The molecule has 0 aliphatic rings. The molecule has 0 radical (unpaired) electrons. The van der Waals surface area contributed by atoms with Crippen molar-refractivity contribution < 1.29 is 28.2 Å². The normalized spacial score (nSPS) is 12.4. The Balaban J connectivity index is 0.00000481. The average Bonchev–Trinajstić information content (AvgIpc) is 2.76. The van der Waals surface area contributed by atoms with Crippen LogP contribution in [0.25, 0.3) is 11.3 Å². The number of ether oxygens (including phenoxy) is 1. The maximum atomic E-state index is 13.0. The first kappa shape index (κ1) is 30.0. The Labute approximate surface area is 222 Å². The van der Waals surface area contributed by atoms with Crippen molar-refractivity contribution in [2.24, 2.45) is 5.73 Å². The van der Waals surface area contributed by atoms with E-state index in [0.29, 0.717) is 5.69 Å². The third-order valence-electron chi connectivity index (χ3n) is 5.26. The molecule has 3 aromatic rings. The monoisotopic (exact) mass is 550 g/mol. The van der Waals surface area contributed by atoms with Gasteiger partial charge in [-0.3, -0.25) is 0 Å². The summed E-state index contributed by atoms with van der Waals surface area (Å²) >= 11 is 0. The molecule has 0 spiro atoms. The molecule has 0 saturated heterocycles. The predicted octanol–water partition coefficient (Wildman–Crippen LogP) is 3.55. The molecule has 5 N–H and O–H groups in total. The van der Waals surface area contributed by atoms with Crippen molar-refractivity contribution in [3.8, 4) is 17.1 Å². The van der Waals surface area contributed by atoms with Crippen LogP contribution in [-0.2, 0) is 10.0 Å². The SMILES string of the molecule is Cc1cccc(C)c1-c1cc(OC[C@H](N)CC(C)(C)O)nc(NS(=O)(=O)c2cccc(C(=O)O)c2)n1.Cl. The molecular formula is C25H31ClN4O6S. The van der Waals surface area contributed by atoms with Crippen LogP contribution in [0, 0.1) is 13.8 Å². The fraction of sp³-hybridized carbons (Fsp3) is 0.320. The smallest absolute Gasteiger partial charge is 0.335 e. The van der Waals surface area contributed by atoms with Crippen LogP contribution in [0.1, 0.15) is 41.8 Å². The number of carbonyl (C=O) groups is 1. The molecule has 0 unspecified atom stereocenters. The Morgan fingerprint density at radius 2 is 1.73 bits per heavy atom. The maximum Gasteiger partial charge on any atom is 0.335 e. The minimum atomic E-state index is -4.21. The van der Waals surface area contributed by atoms with Gasteiger partial charge in [-0.2, -0.15) is 4.98 Å². The van der Waals surface area contributed by atoms with Gasteiger partial charge in [0, 0.05) is 17.7 Å². The number of hydrogen-bond acceptors (Lipinski definition) is 8. The highest BCUT2D eigenvalue weighted by Gasteiger charge is 2.21. The standard InChI is InChI=1S/C25H30N4O6S.ClH/c1-15-7-5-8-16(2)22(15)20-12-21(35-14-18(26)13-25(3,4)32)28-24(27-20)29-36(33,34)19-10-6-9-17(11-19)23(30)31;/h5-12,18,32H,13-14,26H2,1-4H3,(H,30,31)(H,27,28,29);1H/t18-;/m1./s1. The maximum absolute atomic E-state index is 13.0. The molecular weight excluding hydrogens is 520 g/mol. The van der Waals surface area contributed by atoms with Crippen LogP contribution < -0.4 is 15.2 Å². The molecule has 1 heterocycles. The lowest BCUT2D eigenvalue weighted by molar-refractivity contribution is 0.0570. The zero-order valence-electron chi connectivity index (χ0n) is 20.9. The molecule has 1 aromatic heterocycles. The van der Waals surface area contributed by atoms with Gasteiger partial charge >= 0.3 is 5.97 Å². The van der Waals surface area contributed by atoms with Crippen molar-refractivity contribution >= 4 is 34.3 Å². The summed E-state index contributed by atoms with van der Waals surface area (Å²) < 4.78 is 34.1. The number of aromatic carboxylic acids is 1. The van der Waals surface area contributed by atoms with Crippen LogP contribution in [0.3, 0.4) is 0 Å². The van der Waals surface area contributed by atoms with E-state index in [2.05, 4.69) is 14.7 Å². The lowest BCUT2D eigenvalue weighted by Gasteiger charge is -2.22. The van der Waals surface area contributed by atoms with E-state index >= 15 is 0 Å². The van der Waals surface area contributed by atoms with Crippen LogP contribution in [0.5, 0.6) is 5.88 Å². The first-order valence-electron chi connectivity index (χ1n) is 11.2. The highest BCUT2D eigenvalue weighted by molar-refractivity contribution is 7.92. The van der Waals surface area contributed by atoms with Gasteiger partial charge in [0.1, 0.15) is 6.61 Å². The van der Waals surface area contributed by atoms with E-state index in [9.17, 15) is 23.4 Å². The van der Waals surface area contributed by atoms with Crippen molar-refractivity contribution in [1.82, 2.24) is 9.97 Å². The molecule has 200 valence electrons. The molecule has 2 aromatic carbocycles. The fourth-order valence-corrected chi connectivity index (χ4v) is 4.75. The van der Waals surface area contributed by atoms with Crippen LogP contribution in [0.4, 0.5) is 5.95 Å². The zero-order chi connectivity index (χ0) is 26.7. The molecule has 0 bridgehead atoms. The minimum Gasteiger partial charge on any atom is -0.478 e. The second-order valence-corrected chi connectivity index (χ2v) is 10.9. The summed E-state index contributed by atoms with van der Waals surface area (Å²) in [5.41, 5.74) is 7.98. The quantitative estimate of drug-likeness (QED) is 0.295. The van der Waals surface area contributed by atoms with Crippen molar-refractivity contribution in [2.45, 2.75) is 50.7 Å². The molecule has 3 rings (SSSR count). The lowest BCUT2D eigenvalue weighted by Crippen LogP contribution is -2.36. The first-order chi connectivity index (χ1) is 16.7. The Morgan fingerprint density at radius 3 is 2.32 bits per heavy atom. The number of anilines is 1. The van der Waals surface area contributed by atoms with E-state index in [4.69, 9.17) is 10.5 Å². The number of aliphatic hydroxyl groups is 1. The van der Waals surface area contributed by atoms with Gasteiger partial charge < -0.3 is 20.7 Å². The lowest BCUT2D eigenvalue weighted by atomic mass is 10.00. The highest BCUT2D eigenvalue weighted by Crippen LogP contribution is 2.29. The van der Waals surface area contributed by atoms with E-state index in [1.54, 1.807) is 19.9 Å². The number of nitrogens with one attached hydrogen (secondary N) is 1. The van der Waals surface area contributed by atoms with Gasteiger partial charge in [0.05, 0.1) is 21.8 Å². The Bertz CT molecular complexity index is 1360. The van der Waals surface area contributed by atoms with Crippen LogP contribution in [0.2, 0.25) is 0 Å². The Morgan fingerprint density at radius 1 is 1.11 bits per heavy atom. The number of hydrogen-bond donors (Lipinski definition) is 4.